The molecule has 0 saturated heterocycles. The lowest BCUT2D eigenvalue weighted by Gasteiger charge is -2.30. The van der Waals surface area contributed by atoms with Gasteiger partial charge in [-0.1, -0.05) is 13.8 Å². The Labute approximate surface area is 133 Å². The van der Waals surface area contributed by atoms with E-state index in [1.807, 2.05) is 13.8 Å². The second kappa shape index (κ2) is 9.00. The summed E-state index contributed by atoms with van der Waals surface area (Å²) in [6.07, 6.45) is 1.64. The molecule has 0 aliphatic carbocycles. The first-order valence-electron chi connectivity index (χ1n) is 7.01. The topological polar surface area (TPSA) is 49.8 Å². The van der Waals surface area contributed by atoms with Crippen LogP contribution in [0.3, 0.4) is 0 Å². The van der Waals surface area contributed by atoms with Gasteiger partial charge in [0.05, 0.1) is 11.1 Å². The SMILES string of the molecule is CCC(CC)N(CCO)C(=O)COc1ccc(F)cc1Br. The van der Waals surface area contributed by atoms with Gasteiger partial charge in [-0.25, -0.2) is 4.39 Å². The third-order valence-electron chi connectivity index (χ3n) is 3.29. The van der Waals surface area contributed by atoms with Crippen LogP contribution in [0.1, 0.15) is 26.7 Å². The summed E-state index contributed by atoms with van der Waals surface area (Å²) >= 11 is 3.19. The number of amides is 1. The van der Waals surface area contributed by atoms with E-state index >= 15 is 0 Å². The van der Waals surface area contributed by atoms with Gasteiger partial charge in [0.2, 0.25) is 0 Å². The molecule has 118 valence electrons. The van der Waals surface area contributed by atoms with Gasteiger partial charge in [-0.15, -0.1) is 0 Å². The van der Waals surface area contributed by atoms with Crippen molar-refractivity contribution in [2.24, 2.45) is 0 Å². The molecule has 4 nitrogen and oxygen atoms in total. The maximum Gasteiger partial charge on any atom is 0.260 e. The van der Waals surface area contributed by atoms with Crippen molar-refractivity contribution < 1.29 is 19.0 Å². The van der Waals surface area contributed by atoms with Crippen molar-refractivity contribution in [3.8, 4) is 5.75 Å². The minimum absolute atomic E-state index is 0.0809. The van der Waals surface area contributed by atoms with Gasteiger partial charge in [-0.05, 0) is 47.0 Å². The minimum Gasteiger partial charge on any atom is -0.483 e. The zero-order chi connectivity index (χ0) is 15.8. The van der Waals surface area contributed by atoms with Crippen LogP contribution in [0.4, 0.5) is 4.39 Å². The van der Waals surface area contributed by atoms with Crippen LogP contribution in [-0.2, 0) is 4.79 Å². The molecule has 0 fully saturated rings. The van der Waals surface area contributed by atoms with Crippen LogP contribution < -0.4 is 4.74 Å². The lowest BCUT2D eigenvalue weighted by atomic mass is 10.1. The molecule has 1 amide bonds. The number of nitrogens with zero attached hydrogens (tertiary/aromatic N) is 1. The molecule has 0 aromatic heterocycles. The highest BCUT2D eigenvalue weighted by molar-refractivity contribution is 9.10. The molecule has 1 aromatic carbocycles. The van der Waals surface area contributed by atoms with E-state index in [1.165, 1.54) is 18.2 Å². The maximum absolute atomic E-state index is 13.0. The second-order valence-electron chi connectivity index (χ2n) is 4.64. The van der Waals surface area contributed by atoms with Crippen LogP contribution in [0.2, 0.25) is 0 Å². The molecule has 0 aliphatic heterocycles. The summed E-state index contributed by atoms with van der Waals surface area (Å²) in [5.41, 5.74) is 0. The molecule has 1 N–H and O–H groups in total. The van der Waals surface area contributed by atoms with Gasteiger partial charge < -0.3 is 14.7 Å². The van der Waals surface area contributed by atoms with Crippen LogP contribution in [0, 0.1) is 5.82 Å². The van der Waals surface area contributed by atoms with E-state index in [4.69, 9.17) is 9.84 Å². The quantitative estimate of drug-likeness (QED) is 0.774. The van der Waals surface area contributed by atoms with E-state index in [9.17, 15) is 9.18 Å². The summed E-state index contributed by atoms with van der Waals surface area (Å²) in [4.78, 5) is 13.9. The Bertz CT molecular complexity index is 466. The highest BCUT2D eigenvalue weighted by Gasteiger charge is 2.21. The van der Waals surface area contributed by atoms with Crippen LogP contribution >= 0.6 is 15.9 Å². The average Bonchev–Trinajstić information content (AvgIpc) is 2.46. The number of ether oxygens (including phenoxy) is 1. The van der Waals surface area contributed by atoms with Crippen molar-refractivity contribution in [1.29, 1.82) is 0 Å². The lowest BCUT2D eigenvalue weighted by Crippen LogP contribution is -2.44. The minimum atomic E-state index is -0.375. The third kappa shape index (κ3) is 5.28. The first kappa shape index (κ1) is 17.9. The Morgan fingerprint density at radius 1 is 1.43 bits per heavy atom. The van der Waals surface area contributed by atoms with E-state index in [1.54, 1.807) is 4.90 Å². The molecule has 1 aromatic rings. The Hall–Kier alpha value is -1.14. The summed E-state index contributed by atoms with van der Waals surface area (Å²) in [6.45, 7) is 4.08. The number of aliphatic hydroxyl groups is 1. The smallest absolute Gasteiger partial charge is 0.260 e. The highest BCUT2D eigenvalue weighted by Crippen LogP contribution is 2.25. The zero-order valence-electron chi connectivity index (χ0n) is 12.3. The molecular formula is C15H21BrFNO3. The summed E-state index contributed by atoms with van der Waals surface area (Å²) in [6, 6.07) is 4.12. The Morgan fingerprint density at radius 2 is 2.10 bits per heavy atom. The Balaban J connectivity index is 2.68. The number of carbonyl (C=O) groups is 1. The maximum atomic E-state index is 13.0. The van der Waals surface area contributed by atoms with Crippen LogP contribution in [0.5, 0.6) is 5.75 Å². The monoisotopic (exact) mass is 361 g/mol. The Kier molecular flexibility index (Phi) is 7.67. The number of rotatable bonds is 8. The highest BCUT2D eigenvalue weighted by atomic mass is 79.9. The summed E-state index contributed by atoms with van der Waals surface area (Å²) < 4.78 is 18.9. The van der Waals surface area contributed by atoms with Gasteiger partial charge in [0.25, 0.3) is 5.91 Å². The van der Waals surface area contributed by atoms with Crippen molar-refractivity contribution >= 4 is 21.8 Å². The van der Waals surface area contributed by atoms with Gasteiger partial charge in [0.15, 0.2) is 6.61 Å². The van der Waals surface area contributed by atoms with E-state index < -0.39 is 0 Å². The predicted octanol–water partition coefficient (Wildman–Crippen LogP) is 2.98. The molecule has 0 heterocycles. The van der Waals surface area contributed by atoms with Crippen molar-refractivity contribution in [2.45, 2.75) is 32.7 Å². The first-order chi connectivity index (χ1) is 10.0. The van der Waals surface area contributed by atoms with Crippen molar-refractivity contribution in [3.63, 3.8) is 0 Å². The third-order valence-corrected chi connectivity index (χ3v) is 3.91. The molecule has 0 bridgehead atoms. The van der Waals surface area contributed by atoms with Gasteiger partial charge in [-0.2, -0.15) is 0 Å². The molecule has 0 radical (unpaired) electrons. The number of hydrogen-bond donors (Lipinski definition) is 1. The van der Waals surface area contributed by atoms with Gasteiger partial charge in [0, 0.05) is 12.6 Å². The molecule has 1 rings (SSSR count). The van der Waals surface area contributed by atoms with Crippen LogP contribution in [0.15, 0.2) is 22.7 Å². The number of benzene rings is 1. The van der Waals surface area contributed by atoms with Crippen molar-refractivity contribution in [2.75, 3.05) is 19.8 Å². The lowest BCUT2D eigenvalue weighted by molar-refractivity contribution is -0.136. The molecule has 0 saturated carbocycles. The number of carbonyl (C=O) groups excluding carboxylic acids is 1. The van der Waals surface area contributed by atoms with Crippen LogP contribution in [-0.4, -0.2) is 41.7 Å². The molecule has 6 heteroatoms. The second-order valence-corrected chi connectivity index (χ2v) is 5.50. The molecule has 0 unspecified atom stereocenters. The van der Waals surface area contributed by atoms with E-state index in [2.05, 4.69) is 15.9 Å². The Morgan fingerprint density at radius 3 is 2.62 bits per heavy atom. The summed E-state index contributed by atoms with van der Waals surface area (Å²) in [5.74, 6) is -0.147. The molecule has 0 spiro atoms. The first-order valence-corrected chi connectivity index (χ1v) is 7.80. The molecule has 0 aliphatic rings. The normalized spacial score (nSPS) is 10.8. The van der Waals surface area contributed by atoms with Gasteiger partial charge in [-0.3, -0.25) is 4.79 Å². The molecule has 21 heavy (non-hydrogen) atoms. The zero-order valence-corrected chi connectivity index (χ0v) is 13.9. The number of aliphatic hydroxyl groups excluding tert-OH is 1. The van der Waals surface area contributed by atoms with E-state index in [-0.39, 0.29) is 31.0 Å². The van der Waals surface area contributed by atoms with Crippen molar-refractivity contribution in [3.05, 3.63) is 28.5 Å². The number of halogens is 2. The van der Waals surface area contributed by atoms with E-state index in [0.29, 0.717) is 16.8 Å². The predicted molar refractivity (Wildman–Crippen MR) is 82.8 cm³/mol. The van der Waals surface area contributed by atoms with Crippen LogP contribution in [0.25, 0.3) is 0 Å². The largest absolute Gasteiger partial charge is 0.483 e. The van der Waals surface area contributed by atoms with Gasteiger partial charge in [0.1, 0.15) is 11.6 Å². The van der Waals surface area contributed by atoms with Gasteiger partial charge >= 0.3 is 0 Å². The average molecular weight is 362 g/mol. The van der Waals surface area contributed by atoms with Crippen molar-refractivity contribution in [1.82, 2.24) is 4.90 Å². The molecular weight excluding hydrogens is 341 g/mol. The standard InChI is InChI=1S/C15H21BrFNO3/c1-3-12(4-2)18(7-8-19)15(20)10-21-14-6-5-11(17)9-13(14)16/h5-6,9,12,19H,3-4,7-8,10H2,1-2H3. The van der Waals surface area contributed by atoms with E-state index in [0.717, 1.165) is 12.8 Å². The fourth-order valence-electron chi connectivity index (χ4n) is 2.16. The summed E-state index contributed by atoms with van der Waals surface area (Å²) in [7, 11) is 0. The molecule has 0 atom stereocenters. The fraction of sp³-hybridized carbons (Fsp3) is 0.533. The fourth-order valence-corrected chi connectivity index (χ4v) is 2.63. The summed E-state index contributed by atoms with van der Waals surface area (Å²) in [5, 5.41) is 9.10. The number of hydrogen-bond acceptors (Lipinski definition) is 3.